The van der Waals surface area contributed by atoms with Gasteiger partial charge in [-0.25, -0.2) is 4.79 Å². The summed E-state index contributed by atoms with van der Waals surface area (Å²) < 4.78 is 0. The number of hydrogen-bond acceptors (Lipinski definition) is 4. The van der Waals surface area contributed by atoms with Crippen LogP contribution in [0, 0.1) is 5.92 Å². The van der Waals surface area contributed by atoms with E-state index in [1.54, 1.807) is 6.08 Å². The molecular formula is C7H8N2O3. The van der Waals surface area contributed by atoms with Crippen LogP contribution in [-0.4, -0.2) is 29.9 Å². The average Bonchev–Trinajstić information content (AvgIpc) is 2.49. The van der Waals surface area contributed by atoms with Crippen LogP contribution in [0.25, 0.3) is 0 Å². The summed E-state index contributed by atoms with van der Waals surface area (Å²) in [6.07, 6.45) is 3.15. The van der Waals surface area contributed by atoms with Crippen molar-refractivity contribution in [1.82, 2.24) is 5.48 Å². The first-order valence-corrected chi connectivity index (χ1v) is 3.65. The van der Waals surface area contributed by atoms with Crippen LogP contribution in [-0.2, 0) is 9.63 Å². The highest BCUT2D eigenvalue weighted by Crippen LogP contribution is 2.25. The summed E-state index contributed by atoms with van der Waals surface area (Å²) in [5.74, 6) is -0.390. The zero-order valence-electron chi connectivity index (χ0n) is 6.23. The number of aliphatic imine (C=N–C) groups is 1. The van der Waals surface area contributed by atoms with Crippen molar-refractivity contribution >= 4 is 12.2 Å². The van der Waals surface area contributed by atoms with Crippen molar-refractivity contribution in [3.8, 4) is 0 Å². The second-order valence-electron chi connectivity index (χ2n) is 2.71. The lowest BCUT2D eigenvalue weighted by molar-refractivity contribution is -0.139. The van der Waals surface area contributed by atoms with Gasteiger partial charge in [-0.3, -0.25) is 4.99 Å². The number of hydroxylamine groups is 1. The first kappa shape index (κ1) is 7.30. The van der Waals surface area contributed by atoms with Crippen LogP contribution < -0.4 is 5.48 Å². The van der Waals surface area contributed by atoms with Crippen molar-refractivity contribution in [3.05, 3.63) is 11.8 Å². The number of aliphatic carboxylic acids is 1. The van der Waals surface area contributed by atoms with Gasteiger partial charge in [-0.1, -0.05) is 0 Å². The van der Waals surface area contributed by atoms with Gasteiger partial charge >= 0.3 is 5.97 Å². The van der Waals surface area contributed by atoms with Gasteiger partial charge in [-0.05, 0) is 6.08 Å². The third-order valence-corrected chi connectivity index (χ3v) is 1.98. The first-order valence-electron chi connectivity index (χ1n) is 3.65. The highest BCUT2D eigenvalue weighted by molar-refractivity contribution is 5.82. The maximum Gasteiger partial charge on any atom is 0.329 e. The fourth-order valence-electron chi connectivity index (χ4n) is 1.36. The van der Waals surface area contributed by atoms with Gasteiger partial charge in [0.25, 0.3) is 0 Å². The van der Waals surface area contributed by atoms with Gasteiger partial charge in [0.2, 0.25) is 0 Å². The number of hydrogen-bond donors (Lipinski definition) is 2. The third kappa shape index (κ3) is 0.984. The molecule has 2 heterocycles. The highest BCUT2D eigenvalue weighted by Gasteiger charge is 2.36. The molecule has 0 saturated carbocycles. The van der Waals surface area contributed by atoms with Crippen molar-refractivity contribution in [2.24, 2.45) is 10.9 Å². The minimum absolute atomic E-state index is 0.146. The minimum Gasteiger partial charge on any atom is -0.480 e. The van der Waals surface area contributed by atoms with Crippen LogP contribution in [0.5, 0.6) is 0 Å². The molecule has 2 rings (SSSR count). The standard InChI is InChI=1S/C7H8N2O3/c10-7(11)6-4-3-9-12-5(4)1-2-8-6/h1-2,4,6,9H,3H2,(H,10,11). The number of nitrogens with one attached hydrogen (secondary N) is 1. The largest absolute Gasteiger partial charge is 0.480 e. The monoisotopic (exact) mass is 168 g/mol. The van der Waals surface area contributed by atoms with Crippen molar-refractivity contribution in [3.63, 3.8) is 0 Å². The molecule has 2 aliphatic rings. The predicted octanol–water partition coefficient (Wildman–Crippen LogP) is -0.441. The second kappa shape index (κ2) is 2.60. The number of allylic oxidation sites excluding steroid dienone is 1. The van der Waals surface area contributed by atoms with Crippen LogP contribution in [0.1, 0.15) is 0 Å². The third-order valence-electron chi connectivity index (χ3n) is 1.98. The fourth-order valence-corrected chi connectivity index (χ4v) is 1.36. The Balaban J connectivity index is 2.24. The summed E-state index contributed by atoms with van der Waals surface area (Å²) in [5, 5.41) is 8.76. The molecule has 0 amide bonds. The topological polar surface area (TPSA) is 70.9 Å². The fraction of sp³-hybridized carbons (Fsp3) is 0.429. The maximum absolute atomic E-state index is 10.7. The summed E-state index contributed by atoms with van der Waals surface area (Å²) >= 11 is 0. The van der Waals surface area contributed by atoms with E-state index >= 15 is 0 Å². The van der Waals surface area contributed by atoms with Crippen LogP contribution >= 0.6 is 0 Å². The lowest BCUT2D eigenvalue weighted by Crippen LogP contribution is -2.31. The smallest absolute Gasteiger partial charge is 0.329 e. The van der Waals surface area contributed by atoms with Crippen LogP contribution in [0.4, 0.5) is 0 Å². The Morgan fingerprint density at radius 1 is 1.83 bits per heavy atom. The van der Waals surface area contributed by atoms with Crippen molar-refractivity contribution in [2.45, 2.75) is 6.04 Å². The normalized spacial score (nSPS) is 32.2. The highest BCUT2D eigenvalue weighted by atomic mass is 16.7. The van der Waals surface area contributed by atoms with Gasteiger partial charge in [0.15, 0.2) is 6.04 Å². The van der Waals surface area contributed by atoms with Gasteiger partial charge < -0.3 is 9.94 Å². The van der Waals surface area contributed by atoms with Gasteiger partial charge in [-0.15, -0.1) is 0 Å². The SMILES string of the molecule is O=C(O)C1N=CC=C2ONCC21. The number of dihydropyridines is 1. The van der Waals surface area contributed by atoms with Crippen molar-refractivity contribution < 1.29 is 14.7 Å². The van der Waals surface area contributed by atoms with Gasteiger partial charge in [0.1, 0.15) is 5.76 Å². The van der Waals surface area contributed by atoms with E-state index in [-0.39, 0.29) is 5.92 Å². The molecule has 5 nitrogen and oxygen atoms in total. The molecular weight excluding hydrogens is 160 g/mol. The van der Waals surface area contributed by atoms with E-state index in [4.69, 9.17) is 9.94 Å². The number of carboxylic acid groups (broad SMARTS) is 1. The molecule has 2 unspecified atom stereocenters. The Labute approximate surface area is 68.7 Å². The number of rotatable bonds is 1. The second-order valence-corrected chi connectivity index (χ2v) is 2.71. The van der Waals surface area contributed by atoms with E-state index in [9.17, 15) is 4.79 Å². The zero-order valence-corrected chi connectivity index (χ0v) is 6.23. The molecule has 0 spiro atoms. The molecule has 2 N–H and O–H groups in total. The Hall–Kier alpha value is -1.36. The molecule has 2 atom stereocenters. The van der Waals surface area contributed by atoms with Crippen LogP contribution in [0.2, 0.25) is 0 Å². The van der Waals surface area contributed by atoms with Crippen LogP contribution in [0.3, 0.4) is 0 Å². The molecule has 64 valence electrons. The number of nitrogens with zero attached hydrogens (tertiary/aromatic N) is 1. The van der Waals surface area contributed by atoms with E-state index in [1.165, 1.54) is 6.21 Å². The van der Waals surface area contributed by atoms with Crippen molar-refractivity contribution in [1.29, 1.82) is 0 Å². The zero-order chi connectivity index (χ0) is 8.55. The Morgan fingerprint density at radius 2 is 2.67 bits per heavy atom. The van der Waals surface area contributed by atoms with Crippen LogP contribution in [0.15, 0.2) is 16.8 Å². The van der Waals surface area contributed by atoms with E-state index < -0.39 is 12.0 Å². The molecule has 0 radical (unpaired) electrons. The Morgan fingerprint density at radius 3 is 3.42 bits per heavy atom. The summed E-state index contributed by atoms with van der Waals surface area (Å²) in [6, 6.07) is -0.694. The molecule has 12 heavy (non-hydrogen) atoms. The number of carbonyl (C=O) groups is 1. The lowest BCUT2D eigenvalue weighted by atomic mass is 9.97. The number of fused-ring (bicyclic) bond motifs is 1. The molecule has 0 aromatic rings. The minimum atomic E-state index is -0.908. The Bertz CT molecular complexity index is 272. The van der Waals surface area contributed by atoms with Gasteiger partial charge in [0.05, 0.1) is 5.92 Å². The van der Waals surface area contributed by atoms with Crippen molar-refractivity contribution in [2.75, 3.05) is 6.54 Å². The Kier molecular flexibility index (Phi) is 1.58. The molecule has 0 aliphatic carbocycles. The molecule has 1 saturated heterocycles. The summed E-state index contributed by atoms with van der Waals surface area (Å²) in [7, 11) is 0. The summed E-state index contributed by atoms with van der Waals surface area (Å²) in [5.41, 5.74) is 2.64. The molecule has 5 heteroatoms. The van der Waals surface area contributed by atoms with E-state index in [1.807, 2.05) is 0 Å². The van der Waals surface area contributed by atoms with Gasteiger partial charge in [0, 0.05) is 12.8 Å². The van der Waals surface area contributed by atoms with E-state index in [0.717, 1.165) is 0 Å². The quantitative estimate of drug-likeness (QED) is 0.556. The van der Waals surface area contributed by atoms with E-state index in [2.05, 4.69) is 10.5 Å². The summed E-state index contributed by atoms with van der Waals surface area (Å²) in [6.45, 7) is 0.514. The molecule has 0 aromatic carbocycles. The molecule has 2 aliphatic heterocycles. The van der Waals surface area contributed by atoms with Gasteiger partial charge in [-0.2, -0.15) is 5.48 Å². The first-order chi connectivity index (χ1) is 5.79. The molecule has 1 fully saturated rings. The van der Waals surface area contributed by atoms with E-state index in [0.29, 0.717) is 12.3 Å². The molecule has 0 aromatic heterocycles. The summed E-state index contributed by atoms with van der Waals surface area (Å²) in [4.78, 5) is 19.5. The maximum atomic E-state index is 10.7. The lowest BCUT2D eigenvalue weighted by Gasteiger charge is -2.15. The predicted molar refractivity (Wildman–Crippen MR) is 40.6 cm³/mol. The molecule has 0 bridgehead atoms. The average molecular weight is 168 g/mol. The number of carboxylic acids is 1.